The summed E-state index contributed by atoms with van der Waals surface area (Å²) in [7, 11) is 0. The lowest BCUT2D eigenvalue weighted by Crippen LogP contribution is -2.18. The molecule has 0 fully saturated rings. The van der Waals surface area contributed by atoms with Gasteiger partial charge in [-0.15, -0.1) is 0 Å². The highest BCUT2D eigenvalue weighted by molar-refractivity contribution is 7.22. The number of nitrogens with one attached hydrogen (secondary N) is 1. The second-order valence-electron chi connectivity index (χ2n) is 5.20. The highest BCUT2D eigenvalue weighted by atomic mass is 32.1. The zero-order valence-corrected chi connectivity index (χ0v) is 13.9. The van der Waals surface area contributed by atoms with Gasteiger partial charge in [0.1, 0.15) is 5.75 Å². The Hall–Kier alpha value is -2.40. The van der Waals surface area contributed by atoms with Gasteiger partial charge in [-0.1, -0.05) is 41.7 Å². The number of nitrogens with zero attached hydrogens (tertiary/aromatic N) is 1. The van der Waals surface area contributed by atoms with E-state index in [4.69, 9.17) is 4.74 Å². The first-order chi connectivity index (χ1) is 11.2. The molecule has 0 radical (unpaired) electrons. The summed E-state index contributed by atoms with van der Waals surface area (Å²) in [5.74, 6) is 0.543. The quantitative estimate of drug-likeness (QED) is 0.754. The molecule has 5 heteroatoms. The lowest BCUT2D eigenvalue weighted by molar-refractivity contribution is -0.117. The summed E-state index contributed by atoms with van der Waals surface area (Å²) in [6.07, 6.45) is 0. The molecule has 2 aromatic carbocycles. The maximum Gasteiger partial charge on any atom is 0.233 e. The number of fused-ring (bicyclic) bond motifs is 1. The molecule has 0 aliphatic carbocycles. The van der Waals surface area contributed by atoms with E-state index < -0.39 is 0 Å². The molecule has 118 valence electrons. The fourth-order valence-electron chi connectivity index (χ4n) is 2.32. The zero-order valence-electron chi connectivity index (χ0n) is 13.1. The number of aromatic nitrogens is 1. The second-order valence-corrected chi connectivity index (χ2v) is 6.23. The number of carbonyl (C=O) groups is 1. The maximum absolute atomic E-state index is 12.4. The highest BCUT2D eigenvalue weighted by Crippen LogP contribution is 2.30. The molecule has 0 aliphatic heterocycles. The van der Waals surface area contributed by atoms with E-state index in [0.717, 1.165) is 21.5 Å². The molecule has 4 nitrogen and oxygen atoms in total. The largest absolute Gasteiger partial charge is 0.494 e. The van der Waals surface area contributed by atoms with Crippen LogP contribution < -0.4 is 10.1 Å². The highest BCUT2D eigenvalue weighted by Gasteiger charge is 2.16. The molecule has 0 saturated carbocycles. The van der Waals surface area contributed by atoms with Crippen LogP contribution in [0.1, 0.15) is 25.3 Å². The van der Waals surface area contributed by atoms with Gasteiger partial charge in [0.05, 0.1) is 22.7 Å². The van der Waals surface area contributed by atoms with E-state index in [1.807, 2.05) is 62.4 Å². The lowest BCUT2D eigenvalue weighted by Gasteiger charge is -2.10. The Kier molecular flexibility index (Phi) is 4.57. The summed E-state index contributed by atoms with van der Waals surface area (Å²) in [6.45, 7) is 4.47. The number of ether oxygens (including phenoxy) is 1. The van der Waals surface area contributed by atoms with Gasteiger partial charge in [0, 0.05) is 0 Å². The van der Waals surface area contributed by atoms with E-state index >= 15 is 0 Å². The molecule has 1 atom stereocenters. The first kappa shape index (κ1) is 15.5. The van der Waals surface area contributed by atoms with Crippen LogP contribution in [0.5, 0.6) is 5.75 Å². The smallest absolute Gasteiger partial charge is 0.233 e. The summed E-state index contributed by atoms with van der Waals surface area (Å²) in [5, 5.41) is 3.52. The standard InChI is InChI=1S/C18H18N2O2S/c1-3-22-14-9-10-15-16(11-14)23-18(19-15)20-17(21)12(2)13-7-5-4-6-8-13/h4-12H,3H2,1-2H3,(H,19,20,21). The number of rotatable bonds is 5. The first-order valence-corrected chi connectivity index (χ1v) is 8.38. The SMILES string of the molecule is CCOc1ccc2nc(NC(=O)C(C)c3ccccc3)sc2c1. The third-order valence-electron chi connectivity index (χ3n) is 3.59. The van der Waals surface area contributed by atoms with Gasteiger partial charge in [0.15, 0.2) is 5.13 Å². The van der Waals surface area contributed by atoms with Crippen LogP contribution in [-0.4, -0.2) is 17.5 Å². The van der Waals surface area contributed by atoms with Crippen molar-refractivity contribution in [3.05, 3.63) is 54.1 Å². The number of thiazole rings is 1. The third kappa shape index (κ3) is 3.51. The van der Waals surface area contributed by atoms with Crippen LogP contribution in [0.3, 0.4) is 0 Å². The van der Waals surface area contributed by atoms with Gasteiger partial charge in [-0.05, 0) is 37.6 Å². The normalized spacial score (nSPS) is 12.1. The predicted molar refractivity (Wildman–Crippen MR) is 94.3 cm³/mol. The van der Waals surface area contributed by atoms with E-state index in [9.17, 15) is 4.79 Å². The molecule has 1 N–H and O–H groups in total. The summed E-state index contributed by atoms with van der Waals surface area (Å²) in [5.41, 5.74) is 1.85. The second kappa shape index (κ2) is 6.79. The van der Waals surface area contributed by atoms with Crippen LogP contribution >= 0.6 is 11.3 Å². The predicted octanol–water partition coefficient (Wildman–Crippen LogP) is 4.44. The number of anilines is 1. The Morgan fingerprint density at radius 2 is 2.04 bits per heavy atom. The first-order valence-electron chi connectivity index (χ1n) is 7.56. The molecule has 3 rings (SSSR count). The van der Waals surface area contributed by atoms with Gasteiger partial charge in [0.25, 0.3) is 0 Å². The average molecular weight is 326 g/mol. The van der Waals surface area contributed by atoms with Gasteiger partial charge < -0.3 is 10.1 Å². The van der Waals surface area contributed by atoms with Gasteiger partial charge in [0.2, 0.25) is 5.91 Å². The average Bonchev–Trinajstić information content (AvgIpc) is 2.96. The van der Waals surface area contributed by atoms with E-state index in [1.165, 1.54) is 11.3 Å². The molecule has 1 amide bonds. The molecular formula is C18H18N2O2S. The van der Waals surface area contributed by atoms with Crippen molar-refractivity contribution in [3.8, 4) is 5.75 Å². The summed E-state index contributed by atoms with van der Waals surface area (Å²) < 4.78 is 6.49. The number of benzene rings is 2. The molecule has 0 bridgehead atoms. The zero-order chi connectivity index (χ0) is 16.2. The fourth-order valence-corrected chi connectivity index (χ4v) is 3.22. The van der Waals surface area contributed by atoms with Crippen LogP contribution in [0, 0.1) is 0 Å². The van der Waals surface area contributed by atoms with Crippen LogP contribution in [0.4, 0.5) is 5.13 Å². The lowest BCUT2D eigenvalue weighted by atomic mass is 10.0. The Morgan fingerprint density at radius 3 is 2.78 bits per heavy atom. The third-order valence-corrected chi connectivity index (χ3v) is 4.53. The Bertz CT molecular complexity index is 814. The number of hydrogen-bond acceptors (Lipinski definition) is 4. The van der Waals surface area contributed by atoms with E-state index in [-0.39, 0.29) is 11.8 Å². The number of amides is 1. The Morgan fingerprint density at radius 1 is 1.26 bits per heavy atom. The van der Waals surface area contributed by atoms with Gasteiger partial charge in [-0.2, -0.15) is 0 Å². The molecule has 0 aliphatic rings. The van der Waals surface area contributed by atoms with Gasteiger partial charge >= 0.3 is 0 Å². The monoisotopic (exact) mass is 326 g/mol. The molecule has 0 saturated heterocycles. The van der Waals surface area contributed by atoms with Crippen molar-refractivity contribution < 1.29 is 9.53 Å². The minimum absolute atomic E-state index is 0.0553. The summed E-state index contributed by atoms with van der Waals surface area (Å²) in [4.78, 5) is 16.9. The van der Waals surface area contributed by atoms with Crippen molar-refractivity contribution in [1.29, 1.82) is 0 Å². The number of carbonyl (C=O) groups excluding carboxylic acids is 1. The molecule has 1 unspecified atom stereocenters. The molecule has 23 heavy (non-hydrogen) atoms. The minimum atomic E-state index is -0.220. The van der Waals surface area contributed by atoms with Crippen molar-refractivity contribution in [1.82, 2.24) is 4.98 Å². The van der Waals surface area contributed by atoms with Crippen molar-refractivity contribution in [3.63, 3.8) is 0 Å². The van der Waals surface area contributed by atoms with Crippen LogP contribution in [0.25, 0.3) is 10.2 Å². The molecular weight excluding hydrogens is 308 g/mol. The minimum Gasteiger partial charge on any atom is -0.494 e. The van der Waals surface area contributed by atoms with Gasteiger partial charge in [-0.3, -0.25) is 4.79 Å². The molecule has 1 heterocycles. The van der Waals surface area contributed by atoms with E-state index in [2.05, 4.69) is 10.3 Å². The summed E-state index contributed by atoms with van der Waals surface area (Å²) >= 11 is 1.46. The Labute approximate surface area is 139 Å². The topological polar surface area (TPSA) is 51.2 Å². The van der Waals surface area contributed by atoms with Crippen molar-refractivity contribution in [2.75, 3.05) is 11.9 Å². The van der Waals surface area contributed by atoms with Crippen molar-refractivity contribution >= 4 is 32.6 Å². The molecule has 3 aromatic rings. The van der Waals surface area contributed by atoms with Crippen molar-refractivity contribution in [2.24, 2.45) is 0 Å². The number of hydrogen-bond donors (Lipinski definition) is 1. The van der Waals surface area contributed by atoms with Crippen LogP contribution in [-0.2, 0) is 4.79 Å². The molecule has 1 aromatic heterocycles. The van der Waals surface area contributed by atoms with Crippen LogP contribution in [0.15, 0.2) is 48.5 Å². The van der Waals surface area contributed by atoms with Crippen molar-refractivity contribution in [2.45, 2.75) is 19.8 Å². The van der Waals surface area contributed by atoms with E-state index in [1.54, 1.807) is 0 Å². The fraction of sp³-hybridized carbons (Fsp3) is 0.222. The van der Waals surface area contributed by atoms with E-state index in [0.29, 0.717) is 11.7 Å². The maximum atomic E-state index is 12.4. The molecule has 0 spiro atoms. The summed E-state index contributed by atoms with van der Waals surface area (Å²) in [6, 6.07) is 15.5. The Balaban J connectivity index is 1.77. The van der Waals surface area contributed by atoms with Gasteiger partial charge in [-0.25, -0.2) is 4.98 Å². The van der Waals surface area contributed by atoms with Crippen LogP contribution in [0.2, 0.25) is 0 Å².